The number of hydrogen-bond donors (Lipinski definition) is 1. The number of aliphatic carboxylic acids is 1. The molecule has 2 nitrogen and oxygen atoms in total. The Morgan fingerprint density at radius 3 is 2.78 bits per heavy atom. The maximum absolute atomic E-state index is 13.5. The van der Waals surface area contributed by atoms with Crippen LogP contribution in [0.25, 0.3) is 0 Å². The van der Waals surface area contributed by atoms with Crippen LogP contribution in [0.4, 0.5) is 4.39 Å². The number of rotatable bonds is 6. The van der Waals surface area contributed by atoms with Crippen LogP contribution in [0, 0.1) is 11.2 Å². The minimum absolute atomic E-state index is 0.0613. The minimum Gasteiger partial charge on any atom is -0.481 e. The molecule has 1 aliphatic rings. The van der Waals surface area contributed by atoms with E-state index in [2.05, 4.69) is 0 Å². The van der Waals surface area contributed by atoms with E-state index >= 15 is 0 Å². The van der Waals surface area contributed by atoms with Gasteiger partial charge in [0.25, 0.3) is 0 Å². The quantitative estimate of drug-likeness (QED) is 0.861. The Kier molecular flexibility index (Phi) is 4.17. The number of halogens is 2. The van der Waals surface area contributed by atoms with E-state index in [0.717, 1.165) is 18.6 Å². The number of hydrogen-bond acceptors (Lipinski definition) is 2. The Morgan fingerprint density at radius 2 is 2.22 bits per heavy atom. The molecule has 1 N–H and O–H groups in total. The monoisotopic (exact) mass is 288 g/mol. The molecule has 0 amide bonds. The van der Waals surface area contributed by atoms with Gasteiger partial charge in [-0.3, -0.25) is 4.79 Å². The zero-order valence-electron chi connectivity index (χ0n) is 9.79. The SMILES string of the molecule is O=C(O)CC1(CSCc2c(F)cccc2Cl)CC1. The second-order valence-corrected chi connectivity index (χ2v) is 6.16. The van der Waals surface area contributed by atoms with Crippen molar-refractivity contribution >= 4 is 29.3 Å². The van der Waals surface area contributed by atoms with E-state index in [0.29, 0.717) is 16.3 Å². The van der Waals surface area contributed by atoms with Crippen LogP contribution >= 0.6 is 23.4 Å². The van der Waals surface area contributed by atoms with E-state index in [4.69, 9.17) is 16.7 Å². The second-order valence-electron chi connectivity index (χ2n) is 4.76. The summed E-state index contributed by atoms with van der Waals surface area (Å²) in [6, 6.07) is 4.65. The van der Waals surface area contributed by atoms with Crippen LogP contribution in [-0.4, -0.2) is 16.8 Å². The topological polar surface area (TPSA) is 37.3 Å². The predicted octanol–water partition coefficient (Wildman–Crippen LogP) is 3.97. The summed E-state index contributed by atoms with van der Waals surface area (Å²) in [6.45, 7) is 0. The van der Waals surface area contributed by atoms with Crippen molar-refractivity contribution in [3.05, 3.63) is 34.6 Å². The van der Waals surface area contributed by atoms with Gasteiger partial charge in [-0.1, -0.05) is 17.7 Å². The molecule has 5 heteroatoms. The van der Waals surface area contributed by atoms with Crippen LogP contribution in [0.5, 0.6) is 0 Å². The molecule has 0 aromatic heterocycles. The summed E-state index contributed by atoms with van der Waals surface area (Å²) in [5.74, 6) is 0.201. The first-order valence-electron chi connectivity index (χ1n) is 5.75. The highest BCUT2D eigenvalue weighted by Gasteiger charge is 2.44. The molecule has 0 bridgehead atoms. The average Bonchev–Trinajstić information content (AvgIpc) is 3.02. The Labute approximate surface area is 115 Å². The van der Waals surface area contributed by atoms with Gasteiger partial charge in [0.05, 0.1) is 6.42 Å². The fourth-order valence-electron chi connectivity index (χ4n) is 1.91. The van der Waals surface area contributed by atoms with Crippen LogP contribution in [-0.2, 0) is 10.5 Å². The lowest BCUT2D eigenvalue weighted by molar-refractivity contribution is -0.138. The van der Waals surface area contributed by atoms with Crippen molar-refractivity contribution in [2.24, 2.45) is 5.41 Å². The normalized spacial score (nSPS) is 16.6. The minimum atomic E-state index is -0.753. The number of carbonyl (C=O) groups is 1. The molecule has 0 saturated heterocycles. The second kappa shape index (κ2) is 5.49. The van der Waals surface area contributed by atoms with Crippen LogP contribution in [0.15, 0.2) is 18.2 Å². The summed E-state index contributed by atoms with van der Waals surface area (Å²) in [5, 5.41) is 9.24. The van der Waals surface area contributed by atoms with Gasteiger partial charge < -0.3 is 5.11 Å². The third kappa shape index (κ3) is 3.39. The highest BCUT2D eigenvalue weighted by atomic mass is 35.5. The molecule has 2 rings (SSSR count). The third-order valence-electron chi connectivity index (χ3n) is 3.20. The molecule has 1 aromatic rings. The van der Waals surface area contributed by atoms with E-state index in [1.807, 2.05) is 0 Å². The van der Waals surface area contributed by atoms with E-state index in [1.54, 1.807) is 23.9 Å². The Balaban J connectivity index is 1.87. The molecule has 1 aromatic carbocycles. The number of carboxylic acid groups (broad SMARTS) is 1. The molecular weight excluding hydrogens is 275 g/mol. The van der Waals surface area contributed by atoms with Crippen molar-refractivity contribution in [3.63, 3.8) is 0 Å². The highest BCUT2D eigenvalue weighted by Crippen LogP contribution is 2.51. The lowest BCUT2D eigenvalue weighted by Crippen LogP contribution is -2.11. The highest BCUT2D eigenvalue weighted by molar-refractivity contribution is 7.98. The lowest BCUT2D eigenvalue weighted by Gasteiger charge is -2.12. The first kappa shape index (κ1) is 13.7. The van der Waals surface area contributed by atoms with Crippen LogP contribution < -0.4 is 0 Å². The molecule has 1 saturated carbocycles. The van der Waals surface area contributed by atoms with E-state index < -0.39 is 5.97 Å². The molecule has 1 aliphatic carbocycles. The van der Waals surface area contributed by atoms with Gasteiger partial charge in [0.15, 0.2) is 0 Å². The van der Waals surface area contributed by atoms with Gasteiger partial charge in [0.1, 0.15) is 5.82 Å². The summed E-state index contributed by atoms with van der Waals surface area (Å²) in [4.78, 5) is 10.7. The van der Waals surface area contributed by atoms with Crippen molar-refractivity contribution in [1.82, 2.24) is 0 Å². The van der Waals surface area contributed by atoms with Crippen LogP contribution in [0.2, 0.25) is 5.02 Å². The maximum Gasteiger partial charge on any atom is 0.303 e. The molecule has 0 radical (unpaired) electrons. The summed E-state index contributed by atoms with van der Waals surface area (Å²) in [5.41, 5.74) is 0.448. The van der Waals surface area contributed by atoms with Gasteiger partial charge in [-0.15, -0.1) is 0 Å². The third-order valence-corrected chi connectivity index (χ3v) is 4.86. The number of carboxylic acids is 1. The molecule has 0 aliphatic heterocycles. The molecule has 0 atom stereocenters. The summed E-state index contributed by atoms with van der Waals surface area (Å²) in [7, 11) is 0. The summed E-state index contributed by atoms with van der Waals surface area (Å²) < 4.78 is 13.5. The zero-order chi connectivity index (χ0) is 13.2. The fraction of sp³-hybridized carbons (Fsp3) is 0.462. The summed E-state index contributed by atoms with van der Waals surface area (Å²) >= 11 is 7.49. The van der Waals surface area contributed by atoms with Gasteiger partial charge in [-0.25, -0.2) is 4.39 Å². The molecule has 18 heavy (non-hydrogen) atoms. The maximum atomic E-state index is 13.5. The molecule has 0 heterocycles. The number of benzene rings is 1. The molecular formula is C13H14ClFO2S. The zero-order valence-corrected chi connectivity index (χ0v) is 11.4. The first-order valence-corrected chi connectivity index (χ1v) is 7.28. The standard InChI is InChI=1S/C13H14ClFO2S/c14-10-2-1-3-11(15)9(10)7-18-8-13(4-5-13)6-12(16)17/h1-3H,4-8H2,(H,16,17). The molecule has 0 spiro atoms. The van der Waals surface area contributed by atoms with Crippen LogP contribution in [0.3, 0.4) is 0 Å². The van der Waals surface area contributed by atoms with Crippen molar-refractivity contribution in [2.45, 2.75) is 25.0 Å². The Bertz CT molecular complexity index is 440. The van der Waals surface area contributed by atoms with Gasteiger partial charge in [0, 0.05) is 16.3 Å². The van der Waals surface area contributed by atoms with Gasteiger partial charge >= 0.3 is 5.97 Å². The lowest BCUT2D eigenvalue weighted by atomic mass is 10.1. The predicted molar refractivity (Wildman–Crippen MR) is 71.5 cm³/mol. The van der Waals surface area contributed by atoms with Gasteiger partial charge in [-0.05, 0) is 36.1 Å². The molecule has 1 fully saturated rings. The van der Waals surface area contributed by atoms with Crippen molar-refractivity contribution in [2.75, 3.05) is 5.75 Å². The summed E-state index contributed by atoms with van der Waals surface area (Å²) in [6.07, 6.45) is 2.12. The largest absolute Gasteiger partial charge is 0.481 e. The average molecular weight is 289 g/mol. The Hall–Kier alpha value is -0.740. The fourth-order valence-corrected chi connectivity index (χ4v) is 3.64. The van der Waals surface area contributed by atoms with Crippen LogP contribution in [0.1, 0.15) is 24.8 Å². The van der Waals surface area contributed by atoms with Crippen molar-refractivity contribution in [3.8, 4) is 0 Å². The first-order chi connectivity index (χ1) is 8.52. The van der Waals surface area contributed by atoms with E-state index in [1.165, 1.54) is 6.07 Å². The smallest absolute Gasteiger partial charge is 0.303 e. The van der Waals surface area contributed by atoms with E-state index in [-0.39, 0.29) is 17.7 Å². The molecule has 0 unspecified atom stereocenters. The van der Waals surface area contributed by atoms with Crippen molar-refractivity contribution in [1.29, 1.82) is 0 Å². The van der Waals surface area contributed by atoms with Gasteiger partial charge in [0.2, 0.25) is 0 Å². The van der Waals surface area contributed by atoms with Gasteiger partial charge in [-0.2, -0.15) is 11.8 Å². The van der Waals surface area contributed by atoms with Crippen molar-refractivity contribution < 1.29 is 14.3 Å². The molecule has 98 valence electrons. The number of thioether (sulfide) groups is 1. The Morgan fingerprint density at radius 1 is 1.50 bits per heavy atom. The van der Waals surface area contributed by atoms with E-state index in [9.17, 15) is 9.18 Å².